The fourth-order valence-corrected chi connectivity index (χ4v) is 4.32. The standard InChI is InChI=1S/C22H23NO6/c1-12(24)28-20-5-4-14-8-18-16-10-21(29-13(2)25)19(26)9-15(16)6-7-23(18)11-17(14)22(20)27-3/h4-5,9-10,18,26H,6-8,11H2,1-3H3/t18-/m0/s1. The Kier molecular flexibility index (Phi) is 4.92. The molecule has 1 atom stereocenters. The number of hydrogen-bond acceptors (Lipinski definition) is 7. The minimum atomic E-state index is -0.468. The molecule has 0 unspecified atom stereocenters. The lowest BCUT2D eigenvalue weighted by atomic mass is 9.83. The Morgan fingerprint density at radius 1 is 1.07 bits per heavy atom. The number of ether oxygens (including phenoxy) is 3. The first-order chi connectivity index (χ1) is 13.9. The molecule has 2 heterocycles. The van der Waals surface area contributed by atoms with Gasteiger partial charge in [0.05, 0.1) is 7.11 Å². The van der Waals surface area contributed by atoms with Gasteiger partial charge in [-0.2, -0.15) is 0 Å². The SMILES string of the molecule is COc1c(OC(C)=O)ccc2c1CN1CCc3cc(O)c(OC(C)=O)cc3[C@@H]1C2. The first kappa shape index (κ1) is 19.3. The molecule has 0 fully saturated rings. The van der Waals surface area contributed by atoms with Crippen LogP contribution >= 0.6 is 0 Å². The Balaban J connectivity index is 1.73. The topological polar surface area (TPSA) is 85.3 Å². The number of methoxy groups -OCH3 is 1. The van der Waals surface area contributed by atoms with Crippen molar-refractivity contribution in [2.45, 2.75) is 39.3 Å². The van der Waals surface area contributed by atoms with E-state index in [9.17, 15) is 14.7 Å². The molecule has 7 heteroatoms. The molecular weight excluding hydrogens is 374 g/mol. The number of nitrogens with zero attached hydrogens (tertiary/aromatic N) is 1. The predicted octanol–water partition coefficient (Wildman–Crippen LogP) is 2.91. The van der Waals surface area contributed by atoms with E-state index in [-0.39, 0.29) is 23.5 Å². The van der Waals surface area contributed by atoms with E-state index >= 15 is 0 Å². The molecule has 0 amide bonds. The molecule has 29 heavy (non-hydrogen) atoms. The van der Waals surface area contributed by atoms with Gasteiger partial charge < -0.3 is 19.3 Å². The zero-order valence-electron chi connectivity index (χ0n) is 16.7. The maximum absolute atomic E-state index is 11.4. The molecule has 2 aliphatic heterocycles. The van der Waals surface area contributed by atoms with Crippen LogP contribution in [0.4, 0.5) is 0 Å². The first-order valence-corrected chi connectivity index (χ1v) is 9.52. The molecule has 0 spiro atoms. The second kappa shape index (κ2) is 7.40. The van der Waals surface area contributed by atoms with Crippen molar-refractivity contribution in [3.8, 4) is 23.0 Å². The summed E-state index contributed by atoms with van der Waals surface area (Å²) in [6.45, 7) is 4.16. The van der Waals surface area contributed by atoms with E-state index in [0.29, 0.717) is 18.0 Å². The fourth-order valence-electron chi connectivity index (χ4n) is 4.32. The first-order valence-electron chi connectivity index (χ1n) is 9.52. The van der Waals surface area contributed by atoms with Gasteiger partial charge in [-0.25, -0.2) is 0 Å². The third-order valence-electron chi connectivity index (χ3n) is 5.50. The number of phenolic OH excluding ortho intramolecular Hbond substituents is 1. The summed E-state index contributed by atoms with van der Waals surface area (Å²) < 4.78 is 16.1. The maximum Gasteiger partial charge on any atom is 0.308 e. The lowest BCUT2D eigenvalue weighted by molar-refractivity contribution is -0.132. The molecular formula is C22H23NO6. The van der Waals surface area contributed by atoms with Gasteiger partial charge in [-0.1, -0.05) is 6.07 Å². The molecule has 2 aromatic carbocycles. The Labute approximate surface area is 168 Å². The lowest BCUT2D eigenvalue weighted by Crippen LogP contribution is -2.39. The molecule has 152 valence electrons. The quantitative estimate of drug-likeness (QED) is 0.630. The average molecular weight is 397 g/mol. The van der Waals surface area contributed by atoms with Crippen molar-refractivity contribution in [3.05, 3.63) is 46.5 Å². The third kappa shape index (κ3) is 3.53. The molecule has 2 aromatic rings. The zero-order valence-corrected chi connectivity index (χ0v) is 16.7. The highest BCUT2D eigenvalue weighted by Gasteiger charge is 2.35. The van der Waals surface area contributed by atoms with Crippen molar-refractivity contribution in [1.29, 1.82) is 0 Å². The van der Waals surface area contributed by atoms with E-state index in [2.05, 4.69) is 4.90 Å². The highest BCUT2D eigenvalue weighted by Crippen LogP contribution is 2.45. The number of carbonyl (C=O) groups excluding carboxylic acids is 2. The van der Waals surface area contributed by atoms with Crippen molar-refractivity contribution in [2.75, 3.05) is 13.7 Å². The van der Waals surface area contributed by atoms with E-state index < -0.39 is 5.97 Å². The van der Waals surface area contributed by atoms with Gasteiger partial charge in [0, 0.05) is 38.5 Å². The molecule has 1 N–H and O–H groups in total. The molecule has 0 bridgehead atoms. The summed E-state index contributed by atoms with van der Waals surface area (Å²) in [6, 6.07) is 7.31. The average Bonchev–Trinajstić information content (AvgIpc) is 2.66. The molecule has 0 radical (unpaired) electrons. The summed E-state index contributed by atoms with van der Waals surface area (Å²) in [4.78, 5) is 25.1. The van der Waals surface area contributed by atoms with Crippen LogP contribution in [0, 0.1) is 0 Å². The molecule has 0 aromatic heterocycles. The van der Waals surface area contributed by atoms with Gasteiger partial charge in [0.25, 0.3) is 0 Å². The maximum atomic E-state index is 11.4. The Hall–Kier alpha value is -3.06. The fraction of sp³-hybridized carbons (Fsp3) is 0.364. The van der Waals surface area contributed by atoms with Crippen molar-refractivity contribution >= 4 is 11.9 Å². The normalized spacial score (nSPS) is 17.6. The van der Waals surface area contributed by atoms with Crippen molar-refractivity contribution in [2.24, 2.45) is 0 Å². The summed E-state index contributed by atoms with van der Waals surface area (Å²) in [5, 5.41) is 10.2. The van der Waals surface area contributed by atoms with Crippen LogP contribution in [0.2, 0.25) is 0 Å². The van der Waals surface area contributed by atoms with Crippen LogP contribution in [0.25, 0.3) is 0 Å². The predicted molar refractivity (Wildman–Crippen MR) is 104 cm³/mol. The lowest BCUT2D eigenvalue weighted by Gasteiger charge is -2.42. The minimum absolute atomic E-state index is 0.0173. The molecule has 0 saturated carbocycles. The second-order valence-corrected chi connectivity index (χ2v) is 7.38. The molecule has 0 saturated heterocycles. The molecule has 7 nitrogen and oxygen atoms in total. The Morgan fingerprint density at radius 2 is 1.79 bits per heavy atom. The van der Waals surface area contributed by atoms with E-state index in [4.69, 9.17) is 14.2 Å². The van der Waals surface area contributed by atoms with Crippen LogP contribution < -0.4 is 14.2 Å². The number of hydrogen-bond donors (Lipinski definition) is 1. The van der Waals surface area contributed by atoms with Crippen molar-refractivity contribution in [1.82, 2.24) is 4.90 Å². The van der Waals surface area contributed by atoms with Gasteiger partial charge in [-0.3, -0.25) is 14.5 Å². The van der Waals surface area contributed by atoms with E-state index in [1.54, 1.807) is 25.3 Å². The van der Waals surface area contributed by atoms with Crippen LogP contribution in [0.3, 0.4) is 0 Å². The van der Waals surface area contributed by atoms with Crippen LogP contribution in [0.15, 0.2) is 24.3 Å². The molecule has 0 aliphatic carbocycles. The van der Waals surface area contributed by atoms with Crippen LogP contribution in [-0.4, -0.2) is 35.6 Å². The van der Waals surface area contributed by atoms with Gasteiger partial charge in [0.1, 0.15) is 0 Å². The van der Waals surface area contributed by atoms with E-state index in [0.717, 1.165) is 41.6 Å². The van der Waals surface area contributed by atoms with Crippen LogP contribution in [-0.2, 0) is 29.0 Å². The van der Waals surface area contributed by atoms with E-state index in [1.165, 1.54) is 13.8 Å². The summed E-state index contributed by atoms with van der Waals surface area (Å²) in [6.07, 6.45) is 1.52. The number of phenols is 1. The molecule has 2 aliphatic rings. The third-order valence-corrected chi connectivity index (χ3v) is 5.50. The smallest absolute Gasteiger partial charge is 0.308 e. The van der Waals surface area contributed by atoms with Crippen LogP contribution in [0.1, 0.15) is 42.1 Å². The summed E-state index contributed by atoms with van der Waals surface area (Å²) in [5.41, 5.74) is 4.25. The molecule has 4 rings (SSSR count). The number of rotatable bonds is 3. The zero-order chi connectivity index (χ0) is 20.7. The number of esters is 2. The number of benzene rings is 2. The number of aromatic hydroxyl groups is 1. The minimum Gasteiger partial charge on any atom is -0.504 e. The van der Waals surface area contributed by atoms with Gasteiger partial charge in [-0.15, -0.1) is 0 Å². The monoisotopic (exact) mass is 397 g/mol. The Bertz CT molecular complexity index is 999. The van der Waals surface area contributed by atoms with Gasteiger partial charge >= 0.3 is 11.9 Å². The van der Waals surface area contributed by atoms with Crippen molar-refractivity contribution < 1.29 is 28.9 Å². The second-order valence-electron chi connectivity index (χ2n) is 7.38. The van der Waals surface area contributed by atoms with E-state index in [1.807, 2.05) is 6.07 Å². The highest BCUT2D eigenvalue weighted by atomic mass is 16.6. The number of fused-ring (bicyclic) bond motifs is 4. The highest BCUT2D eigenvalue weighted by molar-refractivity contribution is 5.71. The van der Waals surface area contributed by atoms with Crippen molar-refractivity contribution in [3.63, 3.8) is 0 Å². The van der Waals surface area contributed by atoms with Gasteiger partial charge in [0.15, 0.2) is 23.0 Å². The summed E-state index contributed by atoms with van der Waals surface area (Å²) in [5.74, 6) is 0.333. The van der Waals surface area contributed by atoms with Gasteiger partial charge in [0.2, 0.25) is 0 Å². The largest absolute Gasteiger partial charge is 0.504 e. The Morgan fingerprint density at radius 3 is 2.48 bits per heavy atom. The summed E-state index contributed by atoms with van der Waals surface area (Å²) >= 11 is 0. The number of carbonyl (C=O) groups is 2. The van der Waals surface area contributed by atoms with Crippen LogP contribution in [0.5, 0.6) is 23.0 Å². The van der Waals surface area contributed by atoms with Gasteiger partial charge in [-0.05, 0) is 47.7 Å². The summed E-state index contributed by atoms with van der Waals surface area (Å²) in [7, 11) is 1.58.